The van der Waals surface area contributed by atoms with Gasteiger partial charge in [0.1, 0.15) is 23.8 Å². The molecule has 7 nitrogen and oxygen atoms in total. The smallest absolute Gasteiger partial charge is 0.416 e. The maximum Gasteiger partial charge on any atom is 0.416 e. The highest BCUT2D eigenvalue weighted by atomic mass is 19.4. The number of alkyl halides is 3. The molecule has 4 rings (SSSR count). The lowest BCUT2D eigenvalue weighted by molar-refractivity contribution is -0.391. The fourth-order valence-corrected chi connectivity index (χ4v) is 5.01. The predicted octanol–water partition coefficient (Wildman–Crippen LogP) is 6.64. The highest BCUT2D eigenvalue weighted by Gasteiger charge is 2.31. The van der Waals surface area contributed by atoms with E-state index in [4.69, 9.17) is 4.74 Å². The summed E-state index contributed by atoms with van der Waals surface area (Å²) in [4.78, 5) is 34.6. The molecular formula is C31H36F3N4O3+. The van der Waals surface area contributed by atoms with Crippen molar-refractivity contribution in [2.45, 2.75) is 71.0 Å². The number of halogens is 3. The second kappa shape index (κ2) is 13.1. The molecule has 2 aromatic carbocycles. The van der Waals surface area contributed by atoms with Crippen LogP contribution in [-0.2, 0) is 22.2 Å². The van der Waals surface area contributed by atoms with Gasteiger partial charge in [0, 0.05) is 35.0 Å². The number of carbonyl (C=O) groups is 2. The Morgan fingerprint density at radius 1 is 1.07 bits per heavy atom. The number of unbranched alkanes of at least 4 members (excludes halogenated alkanes) is 2. The summed E-state index contributed by atoms with van der Waals surface area (Å²) in [6.45, 7) is 3.77. The van der Waals surface area contributed by atoms with E-state index in [1.165, 1.54) is 6.07 Å². The van der Waals surface area contributed by atoms with E-state index in [0.29, 0.717) is 42.1 Å². The number of hydrogen-bond acceptors (Lipinski definition) is 3. The predicted molar refractivity (Wildman–Crippen MR) is 150 cm³/mol. The second-order valence-corrected chi connectivity index (χ2v) is 10.2. The Balaban J connectivity index is 1.53. The fourth-order valence-electron chi connectivity index (χ4n) is 5.01. The number of hydrogen-bond donors (Lipinski definition) is 3. The molecular weight excluding hydrogens is 533 g/mol. The summed E-state index contributed by atoms with van der Waals surface area (Å²) in [6.07, 6.45) is 1.30. The van der Waals surface area contributed by atoms with Crippen molar-refractivity contribution in [1.82, 2.24) is 15.3 Å². The normalized spacial score (nSPS) is 12.4. The van der Waals surface area contributed by atoms with Gasteiger partial charge < -0.3 is 15.0 Å². The van der Waals surface area contributed by atoms with E-state index in [1.54, 1.807) is 19.4 Å². The molecule has 1 atom stereocenters. The number of Topliss-reactive ketones (excluding diaryl/α,β-unsaturated/α-hetero) is 1. The first-order valence-corrected chi connectivity index (χ1v) is 13.8. The Bertz CT molecular complexity index is 1510. The minimum atomic E-state index is -4.45. The quantitative estimate of drug-likeness (QED) is 0.157. The number of rotatable bonds is 13. The molecule has 41 heavy (non-hydrogen) atoms. The standard InChI is InChI=1S/C31H35F3N4O3/c1-4-22(39)11-6-5-7-12-27(30-35-18-28(38-30)20-9-8-10-21(15-20)31(32,33)34)37-29(40)17-24-19(2)36-26-14-13-23(41-3)16-25(24)26/h8-10,13-16,18,27,36H,4-7,11-12,17H2,1-3H3,(H,35,38)(H,37,40)/p+1/t27-/m0/s1. The largest absolute Gasteiger partial charge is 0.497 e. The van der Waals surface area contributed by atoms with E-state index < -0.39 is 17.8 Å². The maximum absolute atomic E-state index is 13.3. The van der Waals surface area contributed by atoms with Crippen molar-refractivity contribution >= 4 is 22.6 Å². The van der Waals surface area contributed by atoms with Gasteiger partial charge >= 0.3 is 6.18 Å². The van der Waals surface area contributed by atoms with Gasteiger partial charge in [0.25, 0.3) is 5.82 Å². The molecule has 218 valence electrons. The molecule has 2 heterocycles. The Hall–Kier alpha value is -4.08. The molecule has 0 unspecified atom stereocenters. The van der Waals surface area contributed by atoms with Crippen molar-refractivity contribution in [2.24, 2.45) is 0 Å². The molecule has 0 fully saturated rings. The first-order valence-electron chi connectivity index (χ1n) is 13.8. The number of fused-ring (bicyclic) bond motifs is 1. The zero-order valence-electron chi connectivity index (χ0n) is 23.5. The summed E-state index contributed by atoms with van der Waals surface area (Å²) in [7, 11) is 1.59. The molecule has 0 aliphatic carbocycles. The highest BCUT2D eigenvalue weighted by Crippen LogP contribution is 2.32. The van der Waals surface area contributed by atoms with Crippen molar-refractivity contribution in [2.75, 3.05) is 7.11 Å². The van der Waals surface area contributed by atoms with Gasteiger partial charge in [-0.3, -0.25) is 9.59 Å². The van der Waals surface area contributed by atoms with Crippen LogP contribution in [0.3, 0.4) is 0 Å². The zero-order chi connectivity index (χ0) is 29.6. The summed E-state index contributed by atoms with van der Waals surface area (Å²) >= 11 is 0. The van der Waals surface area contributed by atoms with Crippen molar-refractivity contribution in [3.05, 3.63) is 71.3 Å². The first-order chi connectivity index (χ1) is 19.6. The van der Waals surface area contributed by atoms with Crippen LogP contribution in [0.5, 0.6) is 5.75 Å². The minimum Gasteiger partial charge on any atom is -0.497 e. The molecule has 0 radical (unpaired) electrons. The lowest BCUT2D eigenvalue weighted by Gasteiger charge is -2.14. The van der Waals surface area contributed by atoms with Crippen LogP contribution in [0.15, 0.2) is 48.7 Å². The van der Waals surface area contributed by atoms with Gasteiger partial charge in [-0.2, -0.15) is 13.2 Å². The van der Waals surface area contributed by atoms with Crippen LogP contribution in [0.25, 0.3) is 22.2 Å². The molecule has 2 aromatic heterocycles. The summed E-state index contributed by atoms with van der Waals surface area (Å²) in [5, 5.41) is 4.02. The van der Waals surface area contributed by atoms with E-state index in [1.807, 2.05) is 32.0 Å². The van der Waals surface area contributed by atoms with Gasteiger partial charge in [-0.15, -0.1) is 0 Å². The third kappa shape index (κ3) is 7.56. The summed E-state index contributed by atoms with van der Waals surface area (Å²) in [5.74, 6) is 1.32. The number of imidazole rings is 1. The average molecular weight is 570 g/mol. The summed E-state index contributed by atoms with van der Waals surface area (Å²) in [6, 6.07) is 10.3. The third-order valence-corrected chi connectivity index (χ3v) is 7.33. The van der Waals surface area contributed by atoms with Crippen LogP contribution < -0.4 is 15.0 Å². The Labute approximate surface area is 236 Å². The van der Waals surface area contributed by atoms with Crippen molar-refractivity contribution in [3.63, 3.8) is 0 Å². The Morgan fingerprint density at radius 2 is 1.88 bits per heavy atom. The van der Waals surface area contributed by atoms with E-state index in [9.17, 15) is 22.8 Å². The summed E-state index contributed by atoms with van der Waals surface area (Å²) in [5.41, 5.74) is 2.80. The van der Waals surface area contributed by atoms with Gasteiger partial charge in [0.05, 0.1) is 19.1 Å². The molecule has 0 bridgehead atoms. The van der Waals surface area contributed by atoms with Gasteiger partial charge in [-0.1, -0.05) is 31.9 Å². The van der Waals surface area contributed by atoms with Crippen molar-refractivity contribution in [1.29, 1.82) is 0 Å². The van der Waals surface area contributed by atoms with Gasteiger partial charge in [0.2, 0.25) is 5.91 Å². The third-order valence-electron chi connectivity index (χ3n) is 7.33. The fraction of sp³-hybridized carbons (Fsp3) is 0.387. The average Bonchev–Trinajstić information content (AvgIpc) is 3.56. The molecule has 0 aliphatic rings. The number of benzene rings is 2. The van der Waals surface area contributed by atoms with Crippen LogP contribution >= 0.6 is 0 Å². The molecule has 4 aromatic rings. The lowest BCUT2D eigenvalue weighted by Crippen LogP contribution is -2.33. The van der Waals surface area contributed by atoms with Gasteiger partial charge in [0.15, 0.2) is 5.69 Å². The van der Waals surface area contributed by atoms with E-state index in [2.05, 4.69) is 20.3 Å². The van der Waals surface area contributed by atoms with E-state index in [-0.39, 0.29) is 18.1 Å². The second-order valence-electron chi connectivity index (χ2n) is 10.2. The SMILES string of the molecule is CCC(=O)CCCCC[C@H](NC(=O)Cc1c(C)[nH]c2ccc(OC)cc12)c1[nH]c(-c2cccc(C(F)(F)F)c2)c[nH+]1. The number of ketones is 1. The highest BCUT2D eigenvalue weighted by molar-refractivity contribution is 5.91. The van der Waals surface area contributed by atoms with Crippen molar-refractivity contribution < 1.29 is 32.5 Å². The van der Waals surface area contributed by atoms with E-state index >= 15 is 0 Å². The number of aromatic amines is 3. The number of aryl methyl sites for hydroxylation is 1. The van der Waals surface area contributed by atoms with Crippen molar-refractivity contribution in [3.8, 4) is 17.0 Å². The number of nitrogens with one attached hydrogen (secondary N) is 4. The maximum atomic E-state index is 13.3. The number of aromatic nitrogens is 3. The Morgan fingerprint density at radius 3 is 2.61 bits per heavy atom. The van der Waals surface area contributed by atoms with Crippen LogP contribution in [-0.4, -0.2) is 28.8 Å². The van der Waals surface area contributed by atoms with Gasteiger partial charge in [-0.25, -0.2) is 9.97 Å². The number of amides is 1. The van der Waals surface area contributed by atoms with Gasteiger partial charge in [-0.05, 0) is 55.7 Å². The number of ether oxygens (including phenoxy) is 1. The monoisotopic (exact) mass is 569 g/mol. The number of carbonyl (C=O) groups excluding carboxylic acids is 2. The lowest BCUT2D eigenvalue weighted by atomic mass is 10.0. The molecule has 4 N–H and O–H groups in total. The van der Waals surface area contributed by atoms with Crippen LogP contribution in [0, 0.1) is 6.92 Å². The van der Waals surface area contributed by atoms with Crippen LogP contribution in [0.2, 0.25) is 0 Å². The Kier molecular flexibility index (Phi) is 9.52. The van der Waals surface area contributed by atoms with Crippen LogP contribution in [0.4, 0.5) is 13.2 Å². The number of H-pyrrole nitrogens is 3. The summed E-state index contributed by atoms with van der Waals surface area (Å²) < 4.78 is 45.1. The minimum absolute atomic E-state index is 0.141. The van der Waals surface area contributed by atoms with E-state index in [0.717, 1.165) is 53.6 Å². The molecule has 0 aliphatic heterocycles. The topological polar surface area (TPSA) is 101 Å². The van der Waals surface area contributed by atoms with Crippen LogP contribution in [0.1, 0.15) is 74.1 Å². The molecule has 0 saturated heterocycles. The number of methoxy groups -OCH3 is 1. The molecule has 1 amide bonds. The first kappa shape index (κ1) is 29.9. The molecule has 10 heteroatoms. The molecule has 0 saturated carbocycles. The zero-order valence-corrected chi connectivity index (χ0v) is 23.5. The molecule has 0 spiro atoms.